The summed E-state index contributed by atoms with van der Waals surface area (Å²) in [5.74, 6) is 6.64. The van der Waals surface area contributed by atoms with Crippen molar-refractivity contribution in [3.8, 4) is 23.3 Å². The third-order valence-electron chi connectivity index (χ3n) is 4.36. The Bertz CT molecular complexity index is 944. The fraction of sp³-hybridized carbons (Fsp3) is 0.316. The highest BCUT2D eigenvalue weighted by Crippen LogP contribution is 2.23. The van der Waals surface area contributed by atoms with Crippen LogP contribution in [0.1, 0.15) is 28.0 Å². The minimum absolute atomic E-state index is 0.00499. The molecule has 2 aromatic rings. The number of carbonyl (C=O) groups is 1. The number of hydrogen-bond donors (Lipinski definition) is 3. The number of benzene rings is 1. The van der Waals surface area contributed by atoms with Gasteiger partial charge in [0.1, 0.15) is 28.6 Å². The monoisotopic (exact) mass is 382 g/mol. The van der Waals surface area contributed by atoms with Crippen molar-refractivity contribution in [3.63, 3.8) is 0 Å². The maximum Gasteiger partial charge on any atom is 0.255 e. The molecule has 0 bridgehead atoms. The summed E-state index contributed by atoms with van der Waals surface area (Å²) in [6.07, 6.45) is 0.825. The number of aromatic nitrogens is 2. The molecule has 1 atom stereocenters. The Morgan fingerprint density at radius 3 is 2.39 bits per heavy atom. The molecule has 9 nitrogen and oxygen atoms in total. The molecule has 146 valence electrons. The second-order valence-corrected chi connectivity index (χ2v) is 6.34. The lowest BCUT2D eigenvalue weighted by Crippen LogP contribution is -2.29. The van der Waals surface area contributed by atoms with Crippen LogP contribution in [0.5, 0.6) is 11.5 Å². The van der Waals surface area contributed by atoms with E-state index in [9.17, 15) is 4.79 Å². The van der Waals surface area contributed by atoms with Crippen LogP contribution in [0.25, 0.3) is 0 Å². The summed E-state index contributed by atoms with van der Waals surface area (Å²) in [5, 5.41) is 0. The molecule has 0 saturated carbocycles. The van der Waals surface area contributed by atoms with Crippen LogP contribution in [-0.4, -0.2) is 49.2 Å². The molecule has 1 fully saturated rings. The first-order valence-electron chi connectivity index (χ1n) is 8.64. The van der Waals surface area contributed by atoms with Crippen molar-refractivity contribution >= 4 is 17.7 Å². The van der Waals surface area contributed by atoms with E-state index < -0.39 is 5.91 Å². The van der Waals surface area contributed by atoms with E-state index in [-0.39, 0.29) is 23.1 Å². The zero-order chi connectivity index (χ0) is 20.3. The molecule has 0 radical (unpaired) electrons. The van der Waals surface area contributed by atoms with Gasteiger partial charge in [-0.2, -0.15) is 4.98 Å². The van der Waals surface area contributed by atoms with Crippen LogP contribution < -0.4 is 31.6 Å². The van der Waals surface area contributed by atoms with Gasteiger partial charge in [-0.15, -0.1) is 0 Å². The van der Waals surface area contributed by atoms with Gasteiger partial charge in [0.25, 0.3) is 5.91 Å². The van der Waals surface area contributed by atoms with Crippen molar-refractivity contribution < 1.29 is 14.3 Å². The van der Waals surface area contributed by atoms with Gasteiger partial charge in [0.05, 0.1) is 14.2 Å². The SMILES string of the molecule is COc1cc(C#Cc2nc(N3CC[C@H](N)C3)nc(N)c2C(N)=O)cc(OC)c1. The van der Waals surface area contributed by atoms with Crippen LogP contribution in [0, 0.1) is 11.8 Å². The lowest BCUT2D eigenvalue weighted by Gasteiger charge is -2.17. The van der Waals surface area contributed by atoms with E-state index in [0.717, 1.165) is 6.42 Å². The maximum atomic E-state index is 11.9. The molecule has 28 heavy (non-hydrogen) atoms. The summed E-state index contributed by atoms with van der Waals surface area (Å²) >= 11 is 0. The quantitative estimate of drug-likeness (QED) is 0.633. The number of nitrogen functional groups attached to an aromatic ring is 1. The van der Waals surface area contributed by atoms with Gasteiger partial charge < -0.3 is 31.6 Å². The van der Waals surface area contributed by atoms with E-state index in [1.54, 1.807) is 32.4 Å². The highest BCUT2D eigenvalue weighted by Gasteiger charge is 2.24. The molecule has 1 saturated heterocycles. The highest BCUT2D eigenvalue weighted by molar-refractivity contribution is 5.99. The van der Waals surface area contributed by atoms with Gasteiger partial charge in [0, 0.05) is 30.8 Å². The van der Waals surface area contributed by atoms with E-state index >= 15 is 0 Å². The van der Waals surface area contributed by atoms with Gasteiger partial charge in [0.2, 0.25) is 5.95 Å². The second-order valence-electron chi connectivity index (χ2n) is 6.34. The topological polar surface area (TPSA) is 143 Å². The van der Waals surface area contributed by atoms with Gasteiger partial charge in [0.15, 0.2) is 0 Å². The van der Waals surface area contributed by atoms with Crippen molar-refractivity contribution in [2.45, 2.75) is 12.5 Å². The Morgan fingerprint density at radius 1 is 1.18 bits per heavy atom. The van der Waals surface area contributed by atoms with Gasteiger partial charge in [-0.05, 0) is 24.5 Å². The molecule has 6 N–H and O–H groups in total. The number of carbonyl (C=O) groups excluding carboxylic acids is 1. The van der Waals surface area contributed by atoms with Crippen molar-refractivity contribution in [3.05, 3.63) is 35.0 Å². The molecule has 1 aliphatic heterocycles. The standard InChI is InChI=1S/C19H22N6O3/c1-27-13-7-11(8-14(9-13)28-2)3-4-15-16(18(22)26)17(21)24-19(23-15)25-6-5-12(20)10-25/h7-9,12H,5-6,10,20H2,1-2H3,(H2,22,26)(H2,21,23,24)/t12-/m0/s1. The number of amides is 1. The molecular weight excluding hydrogens is 360 g/mol. The van der Waals surface area contributed by atoms with Crippen LogP contribution >= 0.6 is 0 Å². The Balaban J connectivity index is 2.05. The van der Waals surface area contributed by atoms with E-state index in [0.29, 0.717) is 36.1 Å². The fourth-order valence-corrected chi connectivity index (χ4v) is 2.92. The zero-order valence-electron chi connectivity index (χ0n) is 15.7. The van der Waals surface area contributed by atoms with E-state index in [1.807, 2.05) is 4.90 Å². The Hall–Kier alpha value is -3.51. The number of anilines is 2. The van der Waals surface area contributed by atoms with Crippen LogP contribution in [0.3, 0.4) is 0 Å². The van der Waals surface area contributed by atoms with Crippen LogP contribution in [0.15, 0.2) is 18.2 Å². The molecule has 1 amide bonds. The summed E-state index contributed by atoms with van der Waals surface area (Å²) in [7, 11) is 3.10. The van der Waals surface area contributed by atoms with Crippen LogP contribution in [0.4, 0.5) is 11.8 Å². The van der Waals surface area contributed by atoms with E-state index in [1.165, 1.54) is 0 Å². The smallest absolute Gasteiger partial charge is 0.255 e. The number of hydrogen-bond acceptors (Lipinski definition) is 8. The van der Waals surface area contributed by atoms with Gasteiger partial charge >= 0.3 is 0 Å². The summed E-state index contributed by atoms with van der Waals surface area (Å²) in [6, 6.07) is 5.26. The minimum atomic E-state index is -0.741. The lowest BCUT2D eigenvalue weighted by molar-refractivity contribution is 0.100. The molecule has 2 heterocycles. The fourth-order valence-electron chi connectivity index (χ4n) is 2.92. The Labute approximate surface area is 162 Å². The molecule has 0 spiro atoms. The average molecular weight is 382 g/mol. The van der Waals surface area contributed by atoms with E-state index in [2.05, 4.69) is 21.8 Å². The minimum Gasteiger partial charge on any atom is -0.497 e. The number of ether oxygens (including phenoxy) is 2. The zero-order valence-corrected chi connectivity index (χ0v) is 15.7. The van der Waals surface area contributed by atoms with Gasteiger partial charge in [-0.1, -0.05) is 5.92 Å². The van der Waals surface area contributed by atoms with Crippen molar-refractivity contribution in [1.29, 1.82) is 0 Å². The third-order valence-corrected chi connectivity index (χ3v) is 4.36. The highest BCUT2D eigenvalue weighted by atomic mass is 16.5. The number of methoxy groups -OCH3 is 2. The Morgan fingerprint density at radius 2 is 1.86 bits per heavy atom. The number of rotatable bonds is 4. The number of nitrogens with two attached hydrogens (primary N) is 3. The first-order valence-corrected chi connectivity index (χ1v) is 8.64. The predicted molar refractivity (Wildman–Crippen MR) is 105 cm³/mol. The second kappa shape index (κ2) is 8.02. The first-order chi connectivity index (χ1) is 13.4. The molecule has 1 aromatic heterocycles. The maximum absolute atomic E-state index is 11.9. The van der Waals surface area contributed by atoms with E-state index in [4.69, 9.17) is 26.7 Å². The lowest BCUT2D eigenvalue weighted by atomic mass is 10.1. The van der Waals surface area contributed by atoms with Crippen LogP contribution in [-0.2, 0) is 0 Å². The van der Waals surface area contributed by atoms with Crippen molar-refractivity contribution in [1.82, 2.24) is 9.97 Å². The molecule has 0 unspecified atom stereocenters. The predicted octanol–water partition coefficient (Wildman–Crippen LogP) is 0.112. The normalized spacial score (nSPS) is 15.7. The molecule has 3 rings (SSSR count). The molecule has 0 aliphatic carbocycles. The van der Waals surface area contributed by atoms with Gasteiger partial charge in [-0.25, -0.2) is 4.98 Å². The summed E-state index contributed by atoms with van der Waals surface area (Å²) in [4.78, 5) is 22.4. The molecule has 9 heteroatoms. The molecular formula is C19H22N6O3. The largest absolute Gasteiger partial charge is 0.497 e. The number of nitrogens with zero attached hydrogens (tertiary/aromatic N) is 3. The Kier molecular flexibility index (Phi) is 5.52. The average Bonchev–Trinajstić information content (AvgIpc) is 3.11. The van der Waals surface area contributed by atoms with Gasteiger partial charge in [-0.3, -0.25) is 4.79 Å². The first kappa shape index (κ1) is 19.3. The molecule has 1 aliphatic rings. The number of primary amides is 1. The van der Waals surface area contributed by atoms with Crippen molar-refractivity contribution in [2.24, 2.45) is 11.5 Å². The third kappa shape index (κ3) is 4.07. The van der Waals surface area contributed by atoms with Crippen LogP contribution in [0.2, 0.25) is 0 Å². The summed E-state index contributed by atoms with van der Waals surface area (Å²) in [6.45, 7) is 1.31. The summed E-state index contributed by atoms with van der Waals surface area (Å²) in [5.41, 5.74) is 18.2. The molecule has 1 aromatic carbocycles. The van der Waals surface area contributed by atoms with Crippen molar-refractivity contribution in [2.75, 3.05) is 37.9 Å². The summed E-state index contributed by atoms with van der Waals surface area (Å²) < 4.78 is 10.5.